The van der Waals surface area contributed by atoms with E-state index in [1.54, 1.807) is 0 Å². The van der Waals surface area contributed by atoms with Crippen molar-refractivity contribution in [1.82, 2.24) is 0 Å². The molecule has 0 N–H and O–H groups in total. The summed E-state index contributed by atoms with van der Waals surface area (Å²) in [5, 5.41) is 0. The largest absolute Gasteiger partial charge is 0.229 e. The van der Waals surface area contributed by atoms with Gasteiger partial charge in [0.05, 0.1) is 0 Å². The third-order valence-corrected chi connectivity index (χ3v) is 1.83. The summed E-state index contributed by atoms with van der Waals surface area (Å²) in [4.78, 5) is 0. The summed E-state index contributed by atoms with van der Waals surface area (Å²) in [7, 11) is -1.27. The first-order chi connectivity index (χ1) is 3.30. The van der Waals surface area contributed by atoms with Gasteiger partial charge < -0.3 is 0 Å². The summed E-state index contributed by atoms with van der Waals surface area (Å²) in [6, 6.07) is 0. The molecule has 38 valence electrons. The lowest BCUT2D eigenvalue weighted by Gasteiger charge is -1.76. The molecule has 0 aromatic heterocycles. The SMILES string of the molecule is O=S1N=CC=C1Cl. The number of rotatable bonds is 0. The molecule has 1 rings (SSSR count). The highest BCUT2D eigenvalue weighted by atomic mass is 35.5. The lowest BCUT2D eigenvalue weighted by Crippen LogP contribution is -1.72. The Morgan fingerprint density at radius 1 is 1.86 bits per heavy atom. The van der Waals surface area contributed by atoms with E-state index in [0.717, 1.165) is 0 Å². The molecule has 1 heterocycles. The van der Waals surface area contributed by atoms with Gasteiger partial charge in [0.15, 0.2) is 11.0 Å². The molecule has 1 aliphatic rings. The van der Waals surface area contributed by atoms with E-state index < -0.39 is 11.0 Å². The van der Waals surface area contributed by atoms with Crippen molar-refractivity contribution < 1.29 is 4.21 Å². The predicted molar refractivity (Wildman–Crippen MR) is 30.6 cm³/mol. The lowest BCUT2D eigenvalue weighted by molar-refractivity contribution is 0.689. The molecule has 0 saturated heterocycles. The molecule has 0 saturated carbocycles. The van der Waals surface area contributed by atoms with Crippen molar-refractivity contribution in [3.8, 4) is 0 Å². The van der Waals surface area contributed by atoms with Gasteiger partial charge in [-0.25, -0.2) is 4.21 Å². The Hall–Kier alpha value is -0.150. The average molecular weight is 136 g/mol. The highest BCUT2D eigenvalue weighted by Crippen LogP contribution is 2.11. The summed E-state index contributed by atoms with van der Waals surface area (Å²) in [5.74, 6) is 0. The van der Waals surface area contributed by atoms with E-state index in [-0.39, 0.29) is 0 Å². The Morgan fingerprint density at radius 3 is 2.71 bits per heavy atom. The van der Waals surface area contributed by atoms with Gasteiger partial charge in [0.25, 0.3) is 0 Å². The number of hydrogen-bond donors (Lipinski definition) is 0. The van der Waals surface area contributed by atoms with Crippen LogP contribution in [-0.2, 0) is 11.0 Å². The van der Waals surface area contributed by atoms with Crippen molar-refractivity contribution in [2.75, 3.05) is 0 Å². The minimum atomic E-state index is -1.27. The van der Waals surface area contributed by atoms with E-state index in [1.807, 2.05) is 0 Å². The molecule has 0 spiro atoms. The molecule has 0 aliphatic carbocycles. The normalized spacial score (nSPS) is 28.1. The highest BCUT2D eigenvalue weighted by molar-refractivity contribution is 7.90. The number of allylic oxidation sites excluding steroid dienone is 1. The molecule has 7 heavy (non-hydrogen) atoms. The zero-order valence-corrected chi connectivity index (χ0v) is 4.87. The zero-order chi connectivity index (χ0) is 5.28. The fraction of sp³-hybridized carbons (Fsp3) is 0. The molecule has 1 atom stereocenters. The van der Waals surface area contributed by atoms with E-state index in [9.17, 15) is 4.21 Å². The standard InChI is InChI=1S/C3H2ClNOS/c4-3-1-2-5-7(3)6/h1-2H. The van der Waals surface area contributed by atoms with Crippen molar-refractivity contribution in [2.24, 2.45) is 4.40 Å². The lowest BCUT2D eigenvalue weighted by atomic mass is 10.7. The topological polar surface area (TPSA) is 29.4 Å². The van der Waals surface area contributed by atoms with Crippen LogP contribution in [0.4, 0.5) is 0 Å². The van der Waals surface area contributed by atoms with E-state index >= 15 is 0 Å². The van der Waals surface area contributed by atoms with Crippen molar-refractivity contribution in [2.45, 2.75) is 0 Å². The third kappa shape index (κ3) is 0.894. The van der Waals surface area contributed by atoms with Crippen molar-refractivity contribution in [1.29, 1.82) is 0 Å². The Labute approximate surface area is 48.5 Å². The molecule has 0 radical (unpaired) electrons. The second-order valence-electron chi connectivity index (χ2n) is 0.974. The van der Waals surface area contributed by atoms with E-state index in [2.05, 4.69) is 4.40 Å². The van der Waals surface area contributed by atoms with E-state index in [4.69, 9.17) is 11.6 Å². The molecule has 2 nitrogen and oxygen atoms in total. The van der Waals surface area contributed by atoms with Crippen LogP contribution in [-0.4, -0.2) is 10.4 Å². The van der Waals surface area contributed by atoms with Crippen LogP contribution in [0, 0.1) is 0 Å². The van der Waals surface area contributed by atoms with E-state index in [0.29, 0.717) is 4.36 Å². The van der Waals surface area contributed by atoms with Gasteiger partial charge in [0.2, 0.25) is 0 Å². The predicted octanol–water partition coefficient (Wildman–Crippen LogP) is 0.815. The quantitative estimate of drug-likeness (QED) is 0.484. The van der Waals surface area contributed by atoms with Crippen molar-refractivity contribution in [3.05, 3.63) is 10.4 Å². The molecule has 0 bridgehead atoms. The van der Waals surface area contributed by atoms with Gasteiger partial charge in [-0.15, -0.1) is 0 Å². The van der Waals surface area contributed by atoms with Crippen LogP contribution in [0.25, 0.3) is 0 Å². The fourth-order valence-corrected chi connectivity index (χ4v) is 0.878. The molecular weight excluding hydrogens is 134 g/mol. The highest BCUT2D eigenvalue weighted by Gasteiger charge is 2.03. The van der Waals surface area contributed by atoms with Gasteiger partial charge in [-0.05, 0) is 6.08 Å². The maximum Gasteiger partial charge on any atom is 0.184 e. The summed E-state index contributed by atoms with van der Waals surface area (Å²) in [5.41, 5.74) is 0. The molecule has 1 unspecified atom stereocenters. The van der Waals surface area contributed by atoms with Gasteiger partial charge in [0, 0.05) is 6.21 Å². The van der Waals surface area contributed by atoms with Gasteiger partial charge >= 0.3 is 0 Å². The maximum atomic E-state index is 10.3. The second kappa shape index (κ2) is 1.76. The summed E-state index contributed by atoms with van der Waals surface area (Å²) >= 11 is 5.30. The van der Waals surface area contributed by atoms with Crippen LogP contribution >= 0.6 is 11.6 Å². The van der Waals surface area contributed by atoms with Crippen LogP contribution in [0.1, 0.15) is 0 Å². The van der Waals surface area contributed by atoms with Gasteiger partial charge in [-0.3, -0.25) is 0 Å². The molecule has 0 fully saturated rings. The Bertz CT molecular complexity index is 162. The number of hydrogen-bond acceptors (Lipinski definition) is 1. The summed E-state index contributed by atoms with van der Waals surface area (Å²) in [6.07, 6.45) is 2.94. The van der Waals surface area contributed by atoms with Gasteiger partial charge in [-0.1, -0.05) is 11.6 Å². The first-order valence-electron chi connectivity index (χ1n) is 1.62. The average Bonchev–Trinajstić information content (AvgIpc) is 1.91. The van der Waals surface area contributed by atoms with Crippen molar-refractivity contribution >= 4 is 28.8 Å². The first-order valence-corrected chi connectivity index (χ1v) is 3.11. The van der Waals surface area contributed by atoms with Gasteiger partial charge in [-0.2, -0.15) is 4.40 Å². The number of halogens is 1. The monoisotopic (exact) mass is 135 g/mol. The maximum absolute atomic E-state index is 10.3. The van der Waals surface area contributed by atoms with Crippen LogP contribution in [0.15, 0.2) is 14.8 Å². The first kappa shape index (κ1) is 5.00. The number of nitrogens with zero attached hydrogens (tertiary/aromatic N) is 1. The summed E-state index contributed by atoms with van der Waals surface area (Å²) < 4.78 is 14.0. The Balaban J connectivity index is 2.89. The fourth-order valence-electron chi connectivity index (χ4n) is 0.253. The summed E-state index contributed by atoms with van der Waals surface area (Å²) in [6.45, 7) is 0. The molecule has 4 heteroatoms. The van der Waals surface area contributed by atoms with Crippen LogP contribution in [0.3, 0.4) is 0 Å². The molecule has 1 aliphatic heterocycles. The van der Waals surface area contributed by atoms with E-state index in [1.165, 1.54) is 12.3 Å². The van der Waals surface area contributed by atoms with Crippen LogP contribution in [0.2, 0.25) is 0 Å². The molecule has 0 aromatic rings. The zero-order valence-electron chi connectivity index (χ0n) is 3.30. The molecule has 0 aromatic carbocycles. The molecule has 0 amide bonds. The minimum Gasteiger partial charge on any atom is -0.229 e. The Morgan fingerprint density at radius 2 is 2.57 bits per heavy atom. The second-order valence-corrected chi connectivity index (χ2v) is 2.75. The van der Waals surface area contributed by atoms with Crippen LogP contribution in [0.5, 0.6) is 0 Å². The van der Waals surface area contributed by atoms with Crippen molar-refractivity contribution in [3.63, 3.8) is 0 Å². The minimum absolute atomic E-state index is 0.306. The smallest absolute Gasteiger partial charge is 0.184 e. The molecular formula is C3H2ClNOS. The van der Waals surface area contributed by atoms with Gasteiger partial charge in [0.1, 0.15) is 4.36 Å². The Kier molecular flexibility index (Phi) is 1.25. The third-order valence-electron chi connectivity index (χ3n) is 0.529. The van der Waals surface area contributed by atoms with Crippen LogP contribution < -0.4 is 0 Å².